The van der Waals surface area contributed by atoms with Crippen molar-refractivity contribution in [1.82, 2.24) is 10.6 Å². The lowest BCUT2D eigenvalue weighted by Crippen LogP contribution is -2.38. The number of amides is 2. The van der Waals surface area contributed by atoms with Crippen LogP contribution in [0.5, 0.6) is 5.75 Å². The Kier molecular flexibility index (Phi) is 7.20. The van der Waals surface area contributed by atoms with Gasteiger partial charge in [0, 0.05) is 6.54 Å². The Labute approximate surface area is 160 Å². The fraction of sp³-hybridized carbons (Fsp3) is 0.316. The molecule has 0 saturated carbocycles. The van der Waals surface area contributed by atoms with Gasteiger partial charge in [-0.05, 0) is 49.1 Å². The molecule has 8 heteroatoms. The lowest BCUT2D eigenvalue weighted by atomic mass is 10.1. The molecule has 0 aliphatic rings. The zero-order valence-electron chi connectivity index (χ0n) is 15.5. The van der Waals surface area contributed by atoms with Gasteiger partial charge in [-0.15, -0.1) is 0 Å². The van der Waals surface area contributed by atoms with Crippen LogP contribution in [-0.2, 0) is 16.4 Å². The molecule has 27 heavy (non-hydrogen) atoms. The van der Waals surface area contributed by atoms with Gasteiger partial charge in [0.25, 0.3) is 0 Å². The molecule has 7 nitrogen and oxygen atoms in total. The molecular formula is C19H25N3O4S. The number of nitrogens with two attached hydrogens (primary N) is 1. The maximum atomic E-state index is 11.8. The van der Waals surface area contributed by atoms with Crippen LogP contribution in [0.4, 0.5) is 4.79 Å². The number of carbonyl (C=O) groups is 1. The van der Waals surface area contributed by atoms with Gasteiger partial charge < -0.3 is 15.4 Å². The quantitative estimate of drug-likeness (QED) is 0.597. The molecule has 2 aromatic carbocycles. The van der Waals surface area contributed by atoms with Crippen molar-refractivity contribution in [3.8, 4) is 5.75 Å². The Morgan fingerprint density at radius 1 is 1.00 bits per heavy atom. The summed E-state index contributed by atoms with van der Waals surface area (Å²) < 4.78 is 28.1. The number of aryl methyl sites for hydroxylation is 2. The third kappa shape index (κ3) is 6.58. The number of rotatable bonds is 8. The fourth-order valence-electron chi connectivity index (χ4n) is 2.57. The topological polar surface area (TPSA) is 111 Å². The van der Waals surface area contributed by atoms with Gasteiger partial charge >= 0.3 is 6.03 Å². The number of urea groups is 1. The number of ether oxygens (including phenoxy) is 1. The molecule has 2 amide bonds. The van der Waals surface area contributed by atoms with E-state index in [4.69, 9.17) is 9.88 Å². The van der Waals surface area contributed by atoms with Gasteiger partial charge in [-0.3, -0.25) is 0 Å². The number of nitrogens with one attached hydrogen (secondary N) is 2. The number of primary sulfonamides is 1. The largest absolute Gasteiger partial charge is 0.491 e. The predicted octanol–water partition coefficient (Wildman–Crippen LogP) is 1.87. The highest BCUT2D eigenvalue weighted by molar-refractivity contribution is 7.89. The lowest BCUT2D eigenvalue weighted by Gasteiger charge is -2.12. The number of hydrogen-bond donors (Lipinski definition) is 3. The molecule has 0 radical (unpaired) electrons. The zero-order chi connectivity index (χ0) is 19.9. The number of benzene rings is 2. The Hall–Kier alpha value is -2.58. The molecule has 0 aromatic heterocycles. The van der Waals surface area contributed by atoms with Gasteiger partial charge in [-0.25, -0.2) is 18.4 Å². The predicted molar refractivity (Wildman–Crippen MR) is 104 cm³/mol. The standard InChI is InChI=1S/C19H25N3O4S/c1-14-4-3-5-15(2)18(14)26-13-12-22-19(23)21-11-10-16-6-8-17(9-7-16)27(20,24)25/h3-9H,10-13H2,1-2H3,(H2,20,24,25)(H2,21,22,23). The van der Waals surface area contributed by atoms with Gasteiger partial charge in [0.05, 0.1) is 11.4 Å². The van der Waals surface area contributed by atoms with Crippen molar-refractivity contribution in [2.24, 2.45) is 5.14 Å². The third-order valence-electron chi connectivity index (χ3n) is 3.99. The Balaban J connectivity index is 1.66. The second-order valence-electron chi connectivity index (χ2n) is 6.19. The summed E-state index contributed by atoms with van der Waals surface area (Å²) in [4.78, 5) is 11.9. The van der Waals surface area contributed by atoms with Crippen molar-refractivity contribution in [1.29, 1.82) is 0 Å². The number of para-hydroxylation sites is 1. The van der Waals surface area contributed by atoms with Crippen molar-refractivity contribution in [3.05, 3.63) is 59.2 Å². The highest BCUT2D eigenvalue weighted by Gasteiger charge is 2.07. The molecule has 0 saturated heterocycles. The normalized spacial score (nSPS) is 11.1. The van der Waals surface area contributed by atoms with E-state index in [1.807, 2.05) is 32.0 Å². The average molecular weight is 391 g/mol. The van der Waals surface area contributed by atoms with Gasteiger partial charge in [0.1, 0.15) is 12.4 Å². The first-order valence-corrected chi connectivity index (χ1v) is 10.1. The second kappa shape index (κ2) is 9.38. The maximum Gasteiger partial charge on any atom is 0.314 e. The zero-order valence-corrected chi connectivity index (χ0v) is 16.3. The summed E-state index contributed by atoms with van der Waals surface area (Å²) in [5, 5.41) is 10.5. The minimum atomic E-state index is -3.68. The summed E-state index contributed by atoms with van der Waals surface area (Å²) in [6.07, 6.45) is 0.581. The van der Waals surface area contributed by atoms with Crippen LogP contribution in [0.2, 0.25) is 0 Å². The minimum absolute atomic E-state index is 0.0702. The molecule has 0 spiro atoms. The van der Waals surface area contributed by atoms with Gasteiger partial charge in [-0.2, -0.15) is 0 Å². The summed E-state index contributed by atoms with van der Waals surface area (Å²) in [6, 6.07) is 11.9. The summed E-state index contributed by atoms with van der Waals surface area (Å²) in [5.41, 5.74) is 3.03. The molecule has 0 aliphatic heterocycles. The second-order valence-corrected chi connectivity index (χ2v) is 7.75. The SMILES string of the molecule is Cc1cccc(C)c1OCCNC(=O)NCCc1ccc(S(N)(=O)=O)cc1. The van der Waals surface area contributed by atoms with Crippen molar-refractivity contribution in [2.45, 2.75) is 25.2 Å². The highest BCUT2D eigenvalue weighted by atomic mass is 32.2. The Bertz CT molecular complexity index is 860. The summed E-state index contributed by atoms with van der Waals surface area (Å²) in [7, 11) is -3.68. The van der Waals surface area contributed by atoms with E-state index in [0.717, 1.165) is 22.4 Å². The molecule has 0 bridgehead atoms. The third-order valence-corrected chi connectivity index (χ3v) is 4.92. The van der Waals surface area contributed by atoms with Gasteiger partial charge in [-0.1, -0.05) is 30.3 Å². The van der Waals surface area contributed by atoms with Crippen LogP contribution in [-0.4, -0.2) is 34.1 Å². The number of hydrogen-bond acceptors (Lipinski definition) is 4. The molecule has 0 fully saturated rings. The van der Waals surface area contributed by atoms with Crippen LogP contribution in [0.3, 0.4) is 0 Å². The monoisotopic (exact) mass is 391 g/mol. The first kappa shape index (κ1) is 20.7. The average Bonchev–Trinajstić information content (AvgIpc) is 2.60. The molecular weight excluding hydrogens is 366 g/mol. The first-order valence-electron chi connectivity index (χ1n) is 8.60. The number of carbonyl (C=O) groups excluding carboxylic acids is 1. The van der Waals surface area contributed by atoms with Crippen LogP contribution < -0.4 is 20.5 Å². The van der Waals surface area contributed by atoms with E-state index < -0.39 is 10.0 Å². The smallest absolute Gasteiger partial charge is 0.314 e. The van der Waals surface area contributed by atoms with Crippen molar-refractivity contribution >= 4 is 16.1 Å². The van der Waals surface area contributed by atoms with Crippen LogP contribution >= 0.6 is 0 Å². The molecule has 0 aliphatic carbocycles. The minimum Gasteiger partial charge on any atom is -0.491 e. The molecule has 4 N–H and O–H groups in total. The van der Waals surface area contributed by atoms with Gasteiger partial charge in [0.15, 0.2) is 0 Å². The fourth-order valence-corrected chi connectivity index (χ4v) is 3.09. The van der Waals surface area contributed by atoms with E-state index >= 15 is 0 Å². The van der Waals surface area contributed by atoms with Crippen LogP contribution in [0.15, 0.2) is 47.4 Å². The Morgan fingerprint density at radius 3 is 2.19 bits per heavy atom. The van der Waals surface area contributed by atoms with E-state index in [-0.39, 0.29) is 10.9 Å². The van der Waals surface area contributed by atoms with E-state index in [2.05, 4.69) is 10.6 Å². The van der Waals surface area contributed by atoms with Gasteiger partial charge in [0.2, 0.25) is 10.0 Å². The summed E-state index contributed by atoms with van der Waals surface area (Å²) >= 11 is 0. The van der Waals surface area contributed by atoms with Crippen molar-refractivity contribution in [3.63, 3.8) is 0 Å². The van der Waals surface area contributed by atoms with E-state index in [1.54, 1.807) is 12.1 Å². The van der Waals surface area contributed by atoms with Crippen LogP contribution in [0.1, 0.15) is 16.7 Å². The molecule has 0 unspecified atom stereocenters. The van der Waals surface area contributed by atoms with E-state index in [9.17, 15) is 13.2 Å². The maximum absolute atomic E-state index is 11.8. The Morgan fingerprint density at radius 2 is 1.59 bits per heavy atom. The molecule has 0 heterocycles. The van der Waals surface area contributed by atoms with Crippen LogP contribution in [0.25, 0.3) is 0 Å². The van der Waals surface area contributed by atoms with Crippen molar-refractivity contribution < 1.29 is 17.9 Å². The molecule has 0 atom stereocenters. The highest BCUT2D eigenvalue weighted by Crippen LogP contribution is 2.21. The molecule has 2 aromatic rings. The van der Waals surface area contributed by atoms with E-state index in [0.29, 0.717) is 26.1 Å². The van der Waals surface area contributed by atoms with Crippen LogP contribution in [0, 0.1) is 13.8 Å². The van der Waals surface area contributed by atoms with Crippen molar-refractivity contribution in [2.75, 3.05) is 19.7 Å². The number of sulfonamides is 1. The molecule has 2 rings (SSSR count). The summed E-state index contributed by atoms with van der Waals surface area (Å²) in [5.74, 6) is 0.850. The lowest BCUT2D eigenvalue weighted by molar-refractivity contribution is 0.236. The molecule has 146 valence electrons. The van der Waals surface area contributed by atoms with E-state index in [1.165, 1.54) is 12.1 Å². The summed E-state index contributed by atoms with van der Waals surface area (Å²) in [6.45, 7) is 5.17. The first-order chi connectivity index (χ1) is 12.8.